The van der Waals surface area contributed by atoms with Crippen LogP contribution in [0.15, 0.2) is 0 Å². The van der Waals surface area contributed by atoms with Gasteiger partial charge in [-0.25, -0.2) is 0 Å². The second-order valence-electron chi connectivity index (χ2n) is 4.24. The Hall–Kier alpha value is -0.690. The molecule has 1 atom stereocenters. The number of nitriles is 1. The predicted octanol–water partition coefficient (Wildman–Crippen LogP) is 1.89. The van der Waals surface area contributed by atoms with Gasteiger partial charge in [-0.3, -0.25) is 4.79 Å². The van der Waals surface area contributed by atoms with Crippen LogP contribution in [-0.2, 0) is 4.79 Å². The van der Waals surface area contributed by atoms with Gasteiger partial charge in [0, 0.05) is 13.1 Å². The molecular formula is C11H18N2OS. The first-order valence-electron chi connectivity index (χ1n) is 5.25. The van der Waals surface area contributed by atoms with Crippen molar-refractivity contribution in [3.8, 4) is 6.07 Å². The molecule has 0 aromatic rings. The van der Waals surface area contributed by atoms with Crippen molar-refractivity contribution < 1.29 is 4.79 Å². The second kappa shape index (κ2) is 4.89. The van der Waals surface area contributed by atoms with Gasteiger partial charge in [0.05, 0.1) is 6.07 Å². The number of amides is 1. The smallest absolute Gasteiger partial charge is 0.243 e. The fourth-order valence-corrected chi connectivity index (χ4v) is 2.10. The fraction of sp³-hybridized carbons (Fsp3) is 0.818. The van der Waals surface area contributed by atoms with Crippen molar-refractivity contribution in [3.05, 3.63) is 0 Å². The fourth-order valence-electron chi connectivity index (χ4n) is 1.52. The zero-order valence-electron chi connectivity index (χ0n) is 9.62. The summed E-state index contributed by atoms with van der Waals surface area (Å²) >= 11 is 1.78. The van der Waals surface area contributed by atoms with Gasteiger partial charge < -0.3 is 4.90 Å². The number of hydrogen-bond acceptors (Lipinski definition) is 3. The molecule has 0 spiro atoms. The number of nitrogens with zero attached hydrogens (tertiary/aromatic N) is 2. The Bertz CT molecular complexity index is 281. The highest BCUT2D eigenvalue weighted by atomic mass is 32.2. The van der Waals surface area contributed by atoms with Crippen molar-refractivity contribution in [2.75, 3.05) is 19.1 Å². The van der Waals surface area contributed by atoms with Crippen LogP contribution in [0.25, 0.3) is 0 Å². The van der Waals surface area contributed by atoms with Crippen molar-refractivity contribution in [1.82, 2.24) is 4.90 Å². The van der Waals surface area contributed by atoms with Gasteiger partial charge in [-0.05, 0) is 38.2 Å². The maximum Gasteiger partial charge on any atom is 0.243 e. The minimum absolute atomic E-state index is 0.0126. The number of hydrogen-bond donors (Lipinski definition) is 0. The topological polar surface area (TPSA) is 44.1 Å². The number of rotatable bonds is 5. The van der Waals surface area contributed by atoms with Crippen LogP contribution < -0.4 is 0 Å². The normalized spacial score (nSPS) is 19.1. The molecule has 0 radical (unpaired) electrons. The molecule has 0 aromatic heterocycles. The van der Waals surface area contributed by atoms with Crippen LogP contribution in [0.5, 0.6) is 0 Å². The Morgan fingerprint density at radius 3 is 2.67 bits per heavy atom. The van der Waals surface area contributed by atoms with Crippen molar-refractivity contribution in [3.63, 3.8) is 0 Å². The molecule has 1 fully saturated rings. The van der Waals surface area contributed by atoms with Crippen LogP contribution in [0.4, 0.5) is 0 Å². The average Bonchev–Trinajstić information content (AvgIpc) is 3.04. The minimum atomic E-state index is -0.664. The lowest BCUT2D eigenvalue weighted by molar-refractivity contribution is -0.135. The Morgan fingerprint density at radius 1 is 1.67 bits per heavy atom. The summed E-state index contributed by atoms with van der Waals surface area (Å²) in [6.07, 6.45) is 4.53. The molecule has 1 aliphatic rings. The molecule has 0 bridgehead atoms. The predicted molar refractivity (Wildman–Crippen MR) is 62.5 cm³/mol. The summed E-state index contributed by atoms with van der Waals surface area (Å²) in [7, 11) is 1.81. The molecule has 1 rings (SSSR count). The zero-order valence-corrected chi connectivity index (χ0v) is 10.4. The molecule has 0 aromatic carbocycles. The molecule has 1 aliphatic carbocycles. The minimum Gasteiger partial charge on any atom is -0.342 e. The van der Waals surface area contributed by atoms with E-state index in [1.807, 2.05) is 14.0 Å². The van der Waals surface area contributed by atoms with Crippen LogP contribution >= 0.6 is 11.8 Å². The van der Waals surface area contributed by atoms with E-state index >= 15 is 0 Å². The third-order valence-electron chi connectivity index (χ3n) is 3.09. The third-order valence-corrected chi connectivity index (χ3v) is 3.74. The molecule has 84 valence electrons. The van der Waals surface area contributed by atoms with Crippen molar-refractivity contribution in [2.45, 2.75) is 32.2 Å². The van der Waals surface area contributed by atoms with E-state index in [2.05, 4.69) is 12.3 Å². The molecule has 15 heavy (non-hydrogen) atoms. The summed E-state index contributed by atoms with van der Waals surface area (Å²) in [6.45, 7) is 2.04. The Kier molecular flexibility index (Phi) is 4.04. The van der Waals surface area contributed by atoms with E-state index in [1.165, 1.54) is 0 Å². The van der Waals surface area contributed by atoms with Gasteiger partial charge in [0.2, 0.25) is 5.91 Å². The van der Waals surface area contributed by atoms with E-state index in [1.54, 1.807) is 16.7 Å². The molecule has 0 saturated heterocycles. The van der Waals surface area contributed by atoms with E-state index < -0.39 is 5.41 Å². The Labute approximate surface area is 95.8 Å². The van der Waals surface area contributed by atoms with Gasteiger partial charge >= 0.3 is 0 Å². The number of carbonyl (C=O) groups excluding carboxylic acids is 1. The van der Waals surface area contributed by atoms with E-state index in [9.17, 15) is 4.79 Å². The van der Waals surface area contributed by atoms with Gasteiger partial charge in [-0.1, -0.05) is 0 Å². The molecule has 0 N–H and O–H groups in total. The van der Waals surface area contributed by atoms with Crippen molar-refractivity contribution in [1.29, 1.82) is 5.26 Å². The van der Waals surface area contributed by atoms with Gasteiger partial charge in [0.25, 0.3) is 0 Å². The van der Waals surface area contributed by atoms with E-state index in [0.717, 1.165) is 25.0 Å². The maximum atomic E-state index is 12.0. The van der Waals surface area contributed by atoms with Gasteiger partial charge in [0.1, 0.15) is 5.41 Å². The van der Waals surface area contributed by atoms with Gasteiger partial charge in [0.15, 0.2) is 0 Å². The first-order chi connectivity index (χ1) is 7.07. The summed E-state index contributed by atoms with van der Waals surface area (Å²) < 4.78 is 0. The quantitative estimate of drug-likeness (QED) is 0.719. The SMILES string of the molecule is CSCCC(C)N(C)C(=O)C1(C#N)CC1. The van der Waals surface area contributed by atoms with Crippen molar-refractivity contribution >= 4 is 17.7 Å². The molecule has 1 amide bonds. The van der Waals surface area contributed by atoms with Crippen LogP contribution in [-0.4, -0.2) is 35.9 Å². The van der Waals surface area contributed by atoms with Gasteiger partial charge in [-0.2, -0.15) is 17.0 Å². The molecule has 0 heterocycles. The molecule has 4 heteroatoms. The molecular weight excluding hydrogens is 208 g/mol. The van der Waals surface area contributed by atoms with Crippen LogP contribution in [0.3, 0.4) is 0 Å². The summed E-state index contributed by atoms with van der Waals surface area (Å²) in [5, 5.41) is 8.93. The standard InChI is InChI=1S/C11H18N2OS/c1-9(4-7-15-3)13(2)10(14)11(8-12)5-6-11/h9H,4-7H2,1-3H3. The monoisotopic (exact) mass is 226 g/mol. The number of thioether (sulfide) groups is 1. The van der Waals surface area contributed by atoms with Crippen LogP contribution in [0, 0.1) is 16.7 Å². The van der Waals surface area contributed by atoms with Crippen molar-refractivity contribution in [2.24, 2.45) is 5.41 Å². The zero-order chi connectivity index (χ0) is 11.5. The van der Waals surface area contributed by atoms with E-state index in [0.29, 0.717) is 0 Å². The summed E-state index contributed by atoms with van der Waals surface area (Å²) in [5.41, 5.74) is -0.664. The average molecular weight is 226 g/mol. The second-order valence-corrected chi connectivity index (χ2v) is 5.23. The molecule has 0 aliphatic heterocycles. The maximum absolute atomic E-state index is 12.0. The summed E-state index contributed by atoms with van der Waals surface area (Å²) in [5.74, 6) is 1.07. The lowest BCUT2D eigenvalue weighted by atomic mass is 10.1. The highest BCUT2D eigenvalue weighted by Crippen LogP contribution is 2.46. The summed E-state index contributed by atoms with van der Waals surface area (Å²) in [6, 6.07) is 2.38. The lowest BCUT2D eigenvalue weighted by Gasteiger charge is -2.26. The van der Waals surface area contributed by atoms with Crippen LogP contribution in [0.2, 0.25) is 0 Å². The Morgan fingerprint density at radius 2 is 2.27 bits per heavy atom. The molecule has 3 nitrogen and oxygen atoms in total. The summed E-state index contributed by atoms with van der Waals surface area (Å²) in [4.78, 5) is 13.7. The molecule has 1 saturated carbocycles. The van der Waals surface area contributed by atoms with Crippen LogP contribution in [0.1, 0.15) is 26.2 Å². The first-order valence-corrected chi connectivity index (χ1v) is 6.64. The Balaban J connectivity index is 2.50. The number of carbonyl (C=O) groups is 1. The first kappa shape index (κ1) is 12.4. The van der Waals surface area contributed by atoms with E-state index in [-0.39, 0.29) is 11.9 Å². The highest BCUT2D eigenvalue weighted by Gasteiger charge is 2.52. The largest absolute Gasteiger partial charge is 0.342 e. The highest BCUT2D eigenvalue weighted by molar-refractivity contribution is 7.98. The lowest BCUT2D eigenvalue weighted by Crippen LogP contribution is -2.40. The van der Waals surface area contributed by atoms with E-state index in [4.69, 9.17) is 5.26 Å². The van der Waals surface area contributed by atoms with Gasteiger partial charge in [-0.15, -0.1) is 0 Å². The third kappa shape index (κ3) is 2.66. The molecule has 1 unspecified atom stereocenters.